The van der Waals surface area contributed by atoms with E-state index in [1.807, 2.05) is 0 Å². The molecule has 0 saturated carbocycles. The first-order valence-electron chi connectivity index (χ1n) is 2.51. The van der Waals surface area contributed by atoms with Crippen molar-refractivity contribution in [2.45, 2.75) is 13.8 Å². The number of Topliss-reactive ketones (excluding diaryl/α,β-unsaturated/α-hetero) is 1. The van der Waals surface area contributed by atoms with Crippen LogP contribution in [0.3, 0.4) is 0 Å². The third-order valence-electron chi connectivity index (χ3n) is 0.827. The fourth-order valence-electron chi connectivity index (χ4n) is 0.439. The lowest BCUT2D eigenvalue weighted by atomic mass is 10.5. The molecule has 0 fully saturated rings. The summed E-state index contributed by atoms with van der Waals surface area (Å²) in [6, 6.07) is 0. The van der Waals surface area contributed by atoms with Crippen molar-refractivity contribution < 1.29 is 9.21 Å². The van der Waals surface area contributed by atoms with E-state index in [9.17, 15) is 4.79 Å². The number of aromatic nitrogens is 2. The largest absolute Gasteiger partial charge is 0.419 e. The van der Waals surface area contributed by atoms with Crippen LogP contribution in [0.5, 0.6) is 0 Å². The van der Waals surface area contributed by atoms with Crippen LogP contribution in [0.15, 0.2) is 4.42 Å². The third-order valence-corrected chi connectivity index (χ3v) is 0.827. The summed E-state index contributed by atoms with van der Waals surface area (Å²) in [6.07, 6.45) is 0. The van der Waals surface area contributed by atoms with Crippen LogP contribution >= 0.6 is 0 Å². The Labute approximate surface area is 51.9 Å². The summed E-state index contributed by atoms with van der Waals surface area (Å²) in [5.41, 5.74) is 0. The second-order valence-electron chi connectivity index (χ2n) is 1.68. The Balaban J connectivity index is 2.98. The lowest BCUT2D eigenvalue weighted by Crippen LogP contribution is -1.90. The second kappa shape index (κ2) is 1.97. The molecule has 0 amide bonds. The Kier molecular flexibility index (Phi) is 1.30. The first-order chi connectivity index (χ1) is 4.20. The second-order valence-corrected chi connectivity index (χ2v) is 1.68. The van der Waals surface area contributed by atoms with E-state index in [1.54, 1.807) is 6.92 Å². The maximum atomic E-state index is 10.5. The molecule has 0 N–H and O–H groups in total. The molecule has 9 heavy (non-hydrogen) atoms. The predicted molar refractivity (Wildman–Crippen MR) is 29.0 cm³/mol. The summed E-state index contributed by atoms with van der Waals surface area (Å²) in [6.45, 7) is 3.02. The van der Waals surface area contributed by atoms with Crippen molar-refractivity contribution in [1.29, 1.82) is 0 Å². The summed E-state index contributed by atoms with van der Waals surface area (Å²) in [5, 5.41) is 6.95. The topological polar surface area (TPSA) is 56.0 Å². The monoisotopic (exact) mass is 126 g/mol. The summed E-state index contributed by atoms with van der Waals surface area (Å²) >= 11 is 0. The molecule has 4 heteroatoms. The van der Waals surface area contributed by atoms with Gasteiger partial charge < -0.3 is 4.42 Å². The summed E-state index contributed by atoms with van der Waals surface area (Å²) in [5.74, 6) is 0.295. The zero-order valence-electron chi connectivity index (χ0n) is 5.21. The first-order valence-corrected chi connectivity index (χ1v) is 2.51. The number of hydrogen-bond donors (Lipinski definition) is 0. The van der Waals surface area contributed by atoms with Crippen LogP contribution in [0, 0.1) is 6.92 Å². The third kappa shape index (κ3) is 1.13. The van der Waals surface area contributed by atoms with E-state index >= 15 is 0 Å². The molecule has 0 spiro atoms. The first kappa shape index (κ1) is 5.94. The molecule has 1 aromatic rings. The highest BCUT2D eigenvalue weighted by molar-refractivity contribution is 5.89. The molecule has 0 aliphatic rings. The van der Waals surface area contributed by atoms with Gasteiger partial charge in [-0.1, -0.05) is 0 Å². The number of rotatable bonds is 1. The number of nitrogens with zero attached hydrogens (tertiary/aromatic N) is 2. The van der Waals surface area contributed by atoms with Crippen molar-refractivity contribution in [3.8, 4) is 0 Å². The van der Waals surface area contributed by atoms with Crippen molar-refractivity contribution in [3.05, 3.63) is 11.8 Å². The van der Waals surface area contributed by atoms with Crippen LogP contribution in [-0.4, -0.2) is 16.0 Å². The quantitative estimate of drug-likeness (QED) is 0.516. The van der Waals surface area contributed by atoms with Crippen molar-refractivity contribution in [2.75, 3.05) is 0 Å². The maximum absolute atomic E-state index is 10.5. The molecule has 0 radical (unpaired) electrons. The van der Waals surface area contributed by atoms with E-state index in [-0.39, 0.29) is 11.7 Å². The Morgan fingerprint density at radius 1 is 1.56 bits per heavy atom. The normalized spacial score (nSPS) is 9.56. The number of hydrogen-bond acceptors (Lipinski definition) is 4. The van der Waals surface area contributed by atoms with Crippen molar-refractivity contribution in [1.82, 2.24) is 10.2 Å². The van der Waals surface area contributed by atoms with Gasteiger partial charge in [-0.15, -0.1) is 10.2 Å². The molecule has 0 aliphatic heterocycles. The predicted octanol–water partition coefficient (Wildman–Crippen LogP) is 0.581. The average Bonchev–Trinajstić information content (AvgIpc) is 2.14. The van der Waals surface area contributed by atoms with Gasteiger partial charge in [-0.3, -0.25) is 4.79 Å². The van der Waals surface area contributed by atoms with E-state index in [0.29, 0.717) is 5.89 Å². The van der Waals surface area contributed by atoms with Gasteiger partial charge in [-0.2, -0.15) is 0 Å². The minimum atomic E-state index is -0.199. The lowest BCUT2D eigenvalue weighted by molar-refractivity contribution is 0.0979. The minimum Gasteiger partial charge on any atom is -0.419 e. The van der Waals surface area contributed by atoms with Gasteiger partial charge in [0.15, 0.2) is 0 Å². The number of carbonyl (C=O) groups excluding carboxylic acids is 1. The van der Waals surface area contributed by atoms with E-state index in [4.69, 9.17) is 4.42 Å². The molecule has 0 bridgehead atoms. The maximum Gasteiger partial charge on any atom is 0.283 e. The van der Waals surface area contributed by atoms with Crippen LogP contribution in [0.2, 0.25) is 0 Å². The van der Waals surface area contributed by atoms with E-state index in [2.05, 4.69) is 10.2 Å². The fourth-order valence-corrected chi connectivity index (χ4v) is 0.439. The molecule has 0 atom stereocenters. The zero-order chi connectivity index (χ0) is 6.85. The molecule has 0 aromatic carbocycles. The van der Waals surface area contributed by atoms with Crippen molar-refractivity contribution in [2.24, 2.45) is 0 Å². The van der Waals surface area contributed by atoms with Crippen LogP contribution in [-0.2, 0) is 0 Å². The van der Waals surface area contributed by atoms with Gasteiger partial charge in [0, 0.05) is 13.8 Å². The van der Waals surface area contributed by atoms with Crippen molar-refractivity contribution in [3.63, 3.8) is 0 Å². The summed E-state index contributed by atoms with van der Waals surface area (Å²) < 4.78 is 4.77. The van der Waals surface area contributed by atoms with E-state index < -0.39 is 0 Å². The SMILES string of the molecule is CC(=O)c1nnc(C)o1. The number of ketones is 1. The highest BCUT2D eigenvalue weighted by Gasteiger charge is 2.05. The standard InChI is InChI=1S/C5H6N2O2/c1-3(8)5-7-6-4(2)9-5/h1-2H3. The number of aryl methyl sites for hydroxylation is 1. The molecule has 0 saturated heterocycles. The highest BCUT2D eigenvalue weighted by Crippen LogP contribution is 1.96. The van der Waals surface area contributed by atoms with Crippen LogP contribution in [0.4, 0.5) is 0 Å². The molecule has 4 nitrogen and oxygen atoms in total. The van der Waals surface area contributed by atoms with Crippen LogP contribution in [0.1, 0.15) is 23.5 Å². The average molecular weight is 126 g/mol. The summed E-state index contributed by atoms with van der Waals surface area (Å²) in [4.78, 5) is 10.5. The minimum absolute atomic E-state index is 0.0764. The molecule has 1 heterocycles. The van der Waals surface area contributed by atoms with Gasteiger partial charge in [-0.25, -0.2) is 0 Å². The van der Waals surface area contributed by atoms with Gasteiger partial charge in [0.25, 0.3) is 5.89 Å². The van der Waals surface area contributed by atoms with Gasteiger partial charge in [0.2, 0.25) is 11.7 Å². The molecule has 0 unspecified atom stereocenters. The molecule has 48 valence electrons. The molecule has 1 rings (SSSR count). The van der Waals surface area contributed by atoms with Crippen LogP contribution in [0.25, 0.3) is 0 Å². The Morgan fingerprint density at radius 2 is 2.22 bits per heavy atom. The molecular weight excluding hydrogens is 120 g/mol. The zero-order valence-corrected chi connectivity index (χ0v) is 5.21. The van der Waals surface area contributed by atoms with Gasteiger partial charge >= 0.3 is 0 Å². The van der Waals surface area contributed by atoms with Gasteiger partial charge in [-0.05, 0) is 0 Å². The molecular formula is C5H6N2O2. The Morgan fingerprint density at radius 3 is 2.44 bits per heavy atom. The Hall–Kier alpha value is -1.19. The van der Waals surface area contributed by atoms with Gasteiger partial charge in [0.1, 0.15) is 0 Å². The smallest absolute Gasteiger partial charge is 0.283 e. The molecule has 1 aromatic heterocycles. The van der Waals surface area contributed by atoms with Crippen LogP contribution < -0.4 is 0 Å². The number of carbonyl (C=O) groups is 1. The highest BCUT2D eigenvalue weighted by atomic mass is 16.4. The van der Waals surface area contributed by atoms with E-state index in [0.717, 1.165) is 0 Å². The lowest BCUT2D eigenvalue weighted by Gasteiger charge is -1.78. The van der Waals surface area contributed by atoms with Crippen molar-refractivity contribution >= 4 is 5.78 Å². The fraction of sp³-hybridized carbons (Fsp3) is 0.400. The summed E-state index contributed by atoms with van der Waals surface area (Å²) in [7, 11) is 0. The van der Waals surface area contributed by atoms with E-state index in [1.165, 1.54) is 6.92 Å². The molecule has 0 aliphatic carbocycles. The van der Waals surface area contributed by atoms with Gasteiger partial charge in [0.05, 0.1) is 0 Å². The Bertz CT molecular complexity index is 229.